The molecular formula is C26H25N7O. The highest BCUT2D eigenvalue weighted by molar-refractivity contribution is 5.99. The van der Waals surface area contributed by atoms with Crippen molar-refractivity contribution in [2.45, 2.75) is 12.5 Å². The van der Waals surface area contributed by atoms with Crippen molar-refractivity contribution in [2.24, 2.45) is 0 Å². The van der Waals surface area contributed by atoms with Gasteiger partial charge in [0.2, 0.25) is 11.9 Å². The monoisotopic (exact) mass is 451 g/mol. The zero-order valence-electron chi connectivity index (χ0n) is 18.6. The van der Waals surface area contributed by atoms with Gasteiger partial charge in [-0.3, -0.25) is 9.78 Å². The van der Waals surface area contributed by atoms with Gasteiger partial charge in [-0.15, -0.1) is 0 Å². The van der Waals surface area contributed by atoms with Gasteiger partial charge >= 0.3 is 0 Å². The molecule has 3 heterocycles. The van der Waals surface area contributed by atoms with Crippen LogP contribution in [0, 0.1) is 0 Å². The SMILES string of the molecule is C=CC(=O)Nc1cccc(-c2nccc3cnc(Nc4ccc(NC5CCNC5)cc4)nc23)c1. The van der Waals surface area contributed by atoms with Crippen molar-refractivity contribution in [3.63, 3.8) is 0 Å². The van der Waals surface area contributed by atoms with Crippen LogP contribution in [0.3, 0.4) is 0 Å². The molecule has 4 aromatic rings. The zero-order valence-corrected chi connectivity index (χ0v) is 18.6. The molecule has 34 heavy (non-hydrogen) atoms. The number of amides is 1. The fourth-order valence-electron chi connectivity index (χ4n) is 3.96. The van der Waals surface area contributed by atoms with Gasteiger partial charge in [0.25, 0.3) is 0 Å². The van der Waals surface area contributed by atoms with Crippen molar-refractivity contribution < 1.29 is 4.79 Å². The topological polar surface area (TPSA) is 104 Å². The summed E-state index contributed by atoms with van der Waals surface area (Å²) in [6, 6.07) is 18.0. The summed E-state index contributed by atoms with van der Waals surface area (Å²) in [4.78, 5) is 25.5. The average Bonchev–Trinajstić information content (AvgIpc) is 3.38. The van der Waals surface area contributed by atoms with Crippen LogP contribution in [0.4, 0.5) is 23.0 Å². The van der Waals surface area contributed by atoms with Crippen molar-refractivity contribution in [3.8, 4) is 11.3 Å². The number of benzene rings is 2. The van der Waals surface area contributed by atoms with E-state index in [-0.39, 0.29) is 5.91 Å². The maximum Gasteiger partial charge on any atom is 0.247 e. The number of nitrogens with one attached hydrogen (secondary N) is 4. The number of hydrogen-bond acceptors (Lipinski definition) is 7. The highest BCUT2D eigenvalue weighted by atomic mass is 16.1. The van der Waals surface area contributed by atoms with Gasteiger partial charge in [-0.25, -0.2) is 9.97 Å². The van der Waals surface area contributed by atoms with Gasteiger partial charge in [-0.2, -0.15) is 0 Å². The highest BCUT2D eigenvalue weighted by Gasteiger charge is 2.14. The molecule has 1 atom stereocenters. The predicted octanol–water partition coefficient (Wildman–Crippen LogP) is 4.33. The molecule has 1 fully saturated rings. The molecule has 4 N–H and O–H groups in total. The van der Waals surface area contributed by atoms with E-state index in [1.165, 1.54) is 6.08 Å². The Bertz CT molecular complexity index is 1330. The number of hydrogen-bond donors (Lipinski definition) is 4. The van der Waals surface area contributed by atoms with Gasteiger partial charge in [0.1, 0.15) is 5.52 Å². The Hall–Kier alpha value is -4.30. The summed E-state index contributed by atoms with van der Waals surface area (Å²) in [5, 5.41) is 13.8. The molecule has 2 aromatic heterocycles. The van der Waals surface area contributed by atoms with E-state index in [1.807, 2.05) is 42.5 Å². The van der Waals surface area contributed by atoms with Crippen LogP contribution < -0.4 is 21.3 Å². The Morgan fingerprint density at radius 2 is 1.91 bits per heavy atom. The second kappa shape index (κ2) is 9.68. The minimum Gasteiger partial charge on any atom is -0.381 e. The van der Waals surface area contributed by atoms with Gasteiger partial charge in [-0.05, 0) is 61.5 Å². The van der Waals surface area contributed by atoms with E-state index in [0.717, 1.165) is 47.4 Å². The molecule has 0 radical (unpaired) electrons. The lowest BCUT2D eigenvalue weighted by Gasteiger charge is -2.13. The van der Waals surface area contributed by atoms with Crippen LogP contribution in [-0.4, -0.2) is 40.0 Å². The van der Waals surface area contributed by atoms with Crippen LogP contribution in [0.2, 0.25) is 0 Å². The van der Waals surface area contributed by atoms with Crippen LogP contribution >= 0.6 is 0 Å². The van der Waals surface area contributed by atoms with Gasteiger partial charge in [0.05, 0.1) is 5.69 Å². The molecule has 170 valence electrons. The lowest BCUT2D eigenvalue weighted by atomic mass is 10.1. The molecule has 1 unspecified atom stereocenters. The number of pyridine rings is 1. The summed E-state index contributed by atoms with van der Waals surface area (Å²) >= 11 is 0. The molecule has 1 saturated heterocycles. The van der Waals surface area contributed by atoms with Crippen LogP contribution in [0.25, 0.3) is 22.2 Å². The van der Waals surface area contributed by atoms with Gasteiger partial charge in [-0.1, -0.05) is 18.7 Å². The standard InChI is InChI=1S/C26H25N7O/c1-2-23(34)31-21-5-3-4-17(14-21)24-25-18(10-13-28-24)15-29-26(33-25)32-20-8-6-19(7-9-20)30-22-11-12-27-16-22/h2-10,13-15,22,27,30H,1,11-12,16H2,(H,31,34)(H,29,32,33). The molecule has 0 aliphatic carbocycles. The quantitative estimate of drug-likeness (QED) is 0.310. The molecule has 0 saturated carbocycles. The first kappa shape index (κ1) is 21.5. The minimum absolute atomic E-state index is 0.266. The van der Waals surface area contributed by atoms with Crippen LogP contribution in [-0.2, 0) is 4.79 Å². The van der Waals surface area contributed by atoms with Gasteiger partial charge in [0.15, 0.2) is 0 Å². The first-order chi connectivity index (χ1) is 16.7. The molecule has 2 aromatic carbocycles. The summed E-state index contributed by atoms with van der Waals surface area (Å²) in [7, 11) is 0. The third-order valence-corrected chi connectivity index (χ3v) is 5.66. The summed E-state index contributed by atoms with van der Waals surface area (Å²) in [6.45, 7) is 5.54. The number of aromatic nitrogens is 3. The third kappa shape index (κ3) is 4.87. The largest absolute Gasteiger partial charge is 0.381 e. The molecule has 0 spiro atoms. The predicted molar refractivity (Wildman–Crippen MR) is 136 cm³/mol. The van der Waals surface area contributed by atoms with E-state index >= 15 is 0 Å². The molecular weight excluding hydrogens is 426 g/mol. The summed E-state index contributed by atoms with van der Waals surface area (Å²) in [5.74, 6) is 0.219. The number of carbonyl (C=O) groups excluding carboxylic acids is 1. The van der Waals surface area contributed by atoms with Crippen LogP contribution in [0.15, 0.2) is 79.6 Å². The van der Waals surface area contributed by atoms with E-state index in [9.17, 15) is 4.79 Å². The van der Waals surface area contributed by atoms with Gasteiger partial charge in [0, 0.05) is 53.0 Å². The summed E-state index contributed by atoms with van der Waals surface area (Å²) < 4.78 is 0. The molecule has 1 aliphatic heterocycles. The minimum atomic E-state index is -0.266. The van der Waals surface area contributed by atoms with Crippen molar-refractivity contribution >= 4 is 39.8 Å². The van der Waals surface area contributed by atoms with Gasteiger partial charge < -0.3 is 21.3 Å². The smallest absolute Gasteiger partial charge is 0.247 e. The normalized spacial score (nSPS) is 15.1. The maximum atomic E-state index is 11.7. The Morgan fingerprint density at radius 3 is 2.71 bits per heavy atom. The lowest BCUT2D eigenvalue weighted by molar-refractivity contribution is -0.111. The number of fused-ring (bicyclic) bond motifs is 1. The average molecular weight is 452 g/mol. The Balaban J connectivity index is 1.39. The zero-order chi connectivity index (χ0) is 23.3. The van der Waals surface area contributed by atoms with E-state index < -0.39 is 0 Å². The number of anilines is 4. The number of carbonyl (C=O) groups is 1. The Morgan fingerprint density at radius 1 is 1.06 bits per heavy atom. The molecule has 8 heteroatoms. The fourth-order valence-corrected chi connectivity index (χ4v) is 3.96. The molecule has 5 rings (SSSR count). The van der Waals surface area contributed by atoms with E-state index in [2.05, 4.69) is 49.9 Å². The fraction of sp³-hybridized carbons (Fsp3) is 0.154. The molecule has 1 aliphatic rings. The number of rotatable bonds is 7. The Kier molecular flexibility index (Phi) is 6.13. The van der Waals surface area contributed by atoms with Crippen molar-refractivity contribution in [2.75, 3.05) is 29.0 Å². The second-order valence-corrected chi connectivity index (χ2v) is 8.10. The summed E-state index contributed by atoms with van der Waals surface area (Å²) in [6.07, 6.45) is 5.88. The maximum absolute atomic E-state index is 11.7. The van der Waals surface area contributed by atoms with Crippen molar-refractivity contribution in [1.82, 2.24) is 20.3 Å². The van der Waals surface area contributed by atoms with E-state index in [4.69, 9.17) is 4.98 Å². The van der Waals surface area contributed by atoms with Crippen LogP contribution in [0.5, 0.6) is 0 Å². The first-order valence-electron chi connectivity index (χ1n) is 11.2. The van der Waals surface area contributed by atoms with Crippen molar-refractivity contribution in [1.29, 1.82) is 0 Å². The number of nitrogens with zero attached hydrogens (tertiary/aromatic N) is 3. The van der Waals surface area contributed by atoms with E-state index in [0.29, 0.717) is 23.4 Å². The summed E-state index contributed by atoms with van der Waals surface area (Å²) in [5.41, 5.74) is 4.92. The van der Waals surface area contributed by atoms with Crippen LogP contribution in [0.1, 0.15) is 6.42 Å². The Labute approximate surface area is 197 Å². The van der Waals surface area contributed by atoms with E-state index in [1.54, 1.807) is 12.4 Å². The van der Waals surface area contributed by atoms with Crippen molar-refractivity contribution in [3.05, 3.63) is 79.6 Å². The molecule has 1 amide bonds. The lowest BCUT2D eigenvalue weighted by Crippen LogP contribution is -2.21. The first-order valence-corrected chi connectivity index (χ1v) is 11.2. The molecule has 0 bridgehead atoms. The molecule has 8 nitrogen and oxygen atoms in total. The second-order valence-electron chi connectivity index (χ2n) is 8.10. The highest BCUT2D eigenvalue weighted by Crippen LogP contribution is 2.28. The third-order valence-electron chi connectivity index (χ3n) is 5.66.